The quantitative estimate of drug-likeness (QED) is 0.344. The van der Waals surface area contributed by atoms with Crippen LogP contribution in [0.15, 0.2) is 35.7 Å². The Balaban J connectivity index is 2.57. The SMILES string of the molecule is C=CCCSc1ccc(N)c(C)c1. The van der Waals surface area contributed by atoms with Gasteiger partial charge in [-0.05, 0) is 37.1 Å². The number of nitrogen functional groups attached to an aromatic ring is 1. The zero-order valence-electron chi connectivity index (χ0n) is 7.92. The number of aryl methyl sites for hydroxylation is 1. The number of benzene rings is 1. The average molecular weight is 193 g/mol. The zero-order chi connectivity index (χ0) is 9.68. The second kappa shape index (κ2) is 4.97. The Morgan fingerprint density at radius 3 is 2.92 bits per heavy atom. The summed E-state index contributed by atoms with van der Waals surface area (Å²) in [5.74, 6) is 1.09. The van der Waals surface area contributed by atoms with Crippen LogP contribution in [0.1, 0.15) is 12.0 Å². The van der Waals surface area contributed by atoms with Crippen molar-refractivity contribution >= 4 is 17.4 Å². The van der Waals surface area contributed by atoms with Gasteiger partial charge < -0.3 is 5.73 Å². The maximum atomic E-state index is 5.72. The van der Waals surface area contributed by atoms with Gasteiger partial charge in [-0.25, -0.2) is 0 Å². The molecule has 0 saturated heterocycles. The maximum Gasteiger partial charge on any atom is 0.0344 e. The molecule has 0 heterocycles. The molecule has 0 aliphatic heterocycles. The third kappa shape index (κ3) is 3.15. The smallest absolute Gasteiger partial charge is 0.0344 e. The summed E-state index contributed by atoms with van der Waals surface area (Å²) in [6, 6.07) is 6.16. The van der Waals surface area contributed by atoms with Gasteiger partial charge in [0, 0.05) is 16.3 Å². The summed E-state index contributed by atoms with van der Waals surface area (Å²) in [6.45, 7) is 5.72. The molecule has 0 spiro atoms. The molecule has 0 radical (unpaired) electrons. The van der Waals surface area contributed by atoms with Crippen molar-refractivity contribution in [2.45, 2.75) is 18.2 Å². The Morgan fingerprint density at radius 2 is 2.31 bits per heavy atom. The molecule has 0 amide bonds. The van der Waals surface area contributed by atoms with Crippen LogP contribution in [-0.2, 0) is 0 Å². The van der Waals surface area contributed by atoms with Crippen LogP contribution in [0.5, 0.6) is 0 Å². The van der Waals surface area contributed by atoms with Gasteiger partial charge in [-0.2, -0.15) is 0 Å². The van der Waals surface area contributed by atoms with Gasteiger partial charge in [0.1, 0.15) is 0 Å². The van der Waals surface area contributed by atoms with Crippen LogP contribution >= 0.6 is 11.8 Å². The van der Waals surface area contributed by atoms with Gasteiger partial charge in [-0.15, -0.1) is 18.3 Å². The molecule has 0 unspecified atom stereocenters. The molecule has 0 aliphatic carbocycles. The van der Waals surface area contributed by atoms with Crippen LogP contribution in [0.2, 0.25) is 0 Å². The molecule has 0 aliphatic rings. The fourth-order valence-corrected chi connectivity index (χ4v) is 1.94. The lowest BCUT2D eigenvalue weighted by Gasteiger charge is -2.03. The molecular weight excluding hydrogens is 178 g/mol. The first-order chi connectivity index (χ1) is 6.24. The molecule has 0 atom stereocenters. The highest BCUT2D eigenvalue weighted by Gasteiger charge is 1.96. The number of thioether (sulfide) groups is 1. The minimum Gasteiger partial charge on any atom is -0.399 e. The van der Waals surface area contributed by atoms with Gasteiger partial charge in [0.2, 0.25) is 0 Å². The second-order valence-corrected chi connectivity index (χ2v) is 4.11. The lowest BCUT2D eigenvalue weighted by molar-refractivity contribution is 1.24. The number of hydrogen-bond acceptors (Lipinski definition) is 2. The summed E-state index contributed by atoms with van der Waals surface area (Å²) in [5.41, 5.74) is 7.74. The van der Waals surface area contributed by atoms with Crippen molar-refractivity contribution < 1.29 is 0 Å². The Bertz CT molecular complexity index is 294. The number of allylic oxidation sites excluding steroid dienone is 1. The van der Waals surface area contributed by atoms with E-state index in [-0.39, 0.29) is 0 Å². The largest absolute Gasteiger partial charge is 0.399 e. The van der Waals surface area contributed by atoms with Crippen LogP contribution in [-0.4, -0.2) is 5.75 Å². The molecule has 1 nitrogen and oxygen atoms in total. The van der Waals surface area contributed by atoms with E-state index in [4.69, 9.17) is 5.73 Å². The lowest BCUT2D eigenvalue weighted by atomic mass is 10.2. The van der Waals surface area contributed by atoms with E-state index in [1.165, 1.54) is 4.90 Å². The topological polar surface area (TPSA) is 26.0 Å². The summed E-state index contributed by atoms with van der Waals surface area (Å²) >= 11 is 1.84. The van der Waals surface area contributed by atoms with Gasteiger partial charge in [0.15, 0.2) is 0 Å². The third-order valence-electron chi connectivity index (χ3n) is 1.83. The van der Waals surface area contributed by atoms with Gasteiger partial charge in [0.25, 0.3) is 0 Å². The van der Waals surface area contributed by atoms with Crippen molar-refractivity contribution in [1.82, 2.24) is 0 Å². The number of nitrogens with two attached hydrogens (primary N) is 1. The zero-order valence-corrected chi connectivity index (χ0v) is 8.73. The minimum absolute atomic E-state index is 0.869. The Kier molecular flexibility index (Phi) is 3.90. The molecule has 1 aromatic rings. The Morgan fingerprint density at radius 1 is 1.54 bits per heavy atom. The van der Waals surface area contributed by atoms with Crippen molar-refractivity contribution in [3.8, 4) is 0 Å². The molecule has 0 aromatic heterocycles. The van der Waals surface area contributed by atoms with E-state index in [1.54, 1.807) is 0 Å². The minimum atomic E-state index is 0.869. The third-order valence-corrected chi connectivity index (χ3v) is 2.86. The summed E-state index contributed by atoms with van der Waals surface area (Å²) < 4.78 is 0. The standard InChI is InChI=1S/C11H15NS/c1-3-4-7-13-10-5-6-11(12)9(2)8-10/h3,5-6,8H,1,4,7,12H2,2H3. The summed E-state index contributed by atoms with van der Waals surface area (Å²) in [6.07, 6.45) is 2.99. The van der Waals surface area contributed by atoms with Gasteiger partial charge in [0.05, 0.1) is 0 Å². The van der Waals surface area contributed by atoms with Crippen LogP contribution < -0.4 is 5.73 Å². The molecule has 2 heteroatoms. The fourth-order valence-electron chi connectivity index (χ4n) is 0.998. The number of hydrogen-bond donors (Lipinski definition) is 1. The van der Waals surface area contributed by atoms with E-state index in [0.717, 1.165) is 23.4 Å². The van der Waals surface area contributed by atoms with Gasteiger partial charge in [-0.3, -0.25) is 0 Å². The molecule has 13 heavy (non-hydrogen) atoms. The molecule has 0 saturated carbocycles. The van der Waals surface area contributed by atoms with Gasteiger partial charge >= 0.3 is 0 Å². The molecular formula is C11H15NS. The first-order valence-corrected chi connectivity index (χ1v) is 5.32. The van der Waals surface area contributed by atoms with E-state index in [0.29, 0.717) is 0 Å². The molecule has 0 fully saturated rings. The van der Waals surface area contributed by atoms with Crippen molar-refractivity contribution in [3.05, 3.63) is 36.4 Å². The maximum absolute atomic E-state index is 5.72. The molecule has 2 N–H and O–H groups in total. The van der Waals surface area contributed by atoms with E-state index in [9.17, 15) is 0 Å². The highest BCUT2D eigenvalue weighted by atomic mass is 32.2. The van der Waals surface area contributed by atoms with Crippen LogP contribution in [0.25, 0.3) is 0 Å². The monoisotopic (exact) mass is 193 g/mol. The summed E-state index contributed by atoms with van der Waals surface area (Å²) in [5, 5.41) is 0. The summed E-state index contributed by atoms with van der Waals surface area (Å²) in [7, 11) is 0. The predicted octanol–water partition coefficient (Wildman–Crippen LogP) is 3.25. The summed E-state index contributed by atoms with van der Waals surface area (Å²) in [4.78, 5) is 1.29. The Labute approximate surface area is 84.0 Å². The van der Waals surface area contributed by atoms with Crippen molar-refractivity contribution in [1.29, 1.82) is 0 Å². The van der Waals surface area contributed by atoms with Crippen molar-refractivity contribution in [2.75, 3.05) is 11.5 Å². The van der Waals surface area contributed by atoms with Crippen LogP contribution in [0.3, 0.4) is 0 Å². The lowest BCUT2D eigenvalue weighted by Crippen LogP contribution is -1.88. The van der Waals surface area contributed by atoms with E-state index in [2.05, 4.69) is 18.7 Å². The molecule has 1 aromatic carbocycles. The highest BCUT2D eigenvalue weighted by Crippen LogP contribution is 2.22. The number of anilines is 1. The van der Waals surface area contributed by atoms with Crippen LogP contribution in [0, 0.1) is 6.92 Å². The van der Waals surface area contributed by atoms with E-state index < -0.39 is 0 Å². The van der Waals surface area contributed by atoms with Crippen molar-refractivity contribution in [2.24, 2.45) is 0 Å². The first kappa shape index (κ1) is 10.2. The predicted molar refractivity (Wildman–Crippen MR) is 61.1 cm³/mol. The average Bonchev–Trinajstić information content (AvgIpc) is 2.12. The van der Waals surface area contributed by atoms with Crippen molar-refractivity contribution in [3.63, 3.8) is 0 Å². The van der Waals surface area contributed by atoms with E-state index in [1.807, 2.05) is 30.8 Å². The normalized spacial score (nSPS) is 9.92. The second-order valence-electron chi connectivity index (χ2n) is 2.94. The van der Waals surface area contributed by atoms with E-state index >= 15 is 0 Å². The first-order valence-electron chi connectivity index (χ1n) is 4.34. The molecule has 1 rings (SSSR count). The molecule has 0 bridgehead atoms. The molecule has 70 valence electrons. The Hall–Kier alpha value is -0.890. The highest BCUT2D eigenvalue weighted by molar-refractivity contribution is 7.99. The van der Waals surface area contributed by atoms with Crippen LogP contribution in [0.4, 0.5) is 5.69 Å². The fraction of sp³-hybridized carbons (Fsp3) is 0.273. The van der Waals surface area contributed by atoms with Gasteiger partial charge in [-0.1, -0.05) is 6.08 Å². The number of rotatable bonds is 4.